The third kappa shape index (κ3) is 8.99. The van der Waals surface area contributed by atoms with Crippen LogP contribution in [0.25, 0.3) is 0 Å². The number of thioether (sulfide) groups is 1. The molecule has 9 nitrogen and oxygen atoms in total. The molecule has 0 saturated carbocycles. The standard InChI is InChI=1S/C19H27N5O4S/c1-23(2)12-16-5-6-17(28-16)14-29-9-8-21-19(13-24(26)27)22-11-18(25)15-4-3-7-20-10-15/h3-7,10,13,18,21-22,25H,8-9,11-12,14H2,1-2H3/b19-13-. The number of aliphatic hydroxyl groups excluding tert-OH is 1. The van der Waals surface area contributed by atoms with Gasteiger partial charge in [0, 0.05) is 36.8 Å². The number of nitro groups is 1. The summed E-state index contributed by atoms with van der Waals surface area (Å²) in [5.41, 5.74) is 0.642. The Kier molecular flexibility index (Phi) is 9.48. The van der Waals surface area contributed by atoms with Gasteiger partial charge >= 0.3 is 0 Å². The average Bonchev–Trinajstić information content (AvgIpc) is 3.12. The Morgan fingerprint density at radius 2 is 2.17 bits per heavy atom. The summed E-state index contributed by atoms with van der Waals surface area (Å²) in [6.45, 7) is 1.43. The van der Waals surface area contributed by atoms with Crippen molar-refractivity contribution < 1.29 is 14.4 Å². The second kappa shape index (κ2) is 12.1. The Labute approximate surface area is 174 Å². The van der Waals surface area contributed by atoms with E-state index in [1.807, 2.05) is 31.1 Å². The predicted octanol–water partition coefficient (Wildman–Crippen LogP) is 1.96. The molecule has 2 aromatic heterocycles. The largest absolute Gasteiger partial charge is 0.464 e. The normalized spacial score (nSPS) is 12.8. The van der Waals surface area contributed by atoms with Gasteiger partial charge in [-0.3, -0.25) is 15.1 Å². The lowest BCUT2D eigenvalue weighted by atomic mass is 10.1. The molecule has 0 aliphatic rings. The molecule has 0 amide bonds. The van der Waals surface area contributed by atoms with E-state index < -0.39 is 11.0 Å². The number of nitrogens with one attached hydrogen (secondary N) is 2. The number of furan rings is 1. The fraction of sp³-hybridized carbons (Fsp3) is 0.421. The highest BCUT2D eigenvalue weighted by molar-refractivity contribution is 7.98. The lowest BCUT2D eigenvalue weighted by Gasteiger charge is -2.15. The molecule has 2 aromatic rings. The van der Waals surface area contributed by atoms with Crippen LogP contribution in [0.3, 0.4) is 0 Å². The number of aliphatic hydroxyl groups is 1. The first-order valence-corrected chi connectivity index (χ1v) is 10.3. The van der Waals surface area contributed by atoms with E-state index in [1.165, 1.54) is 0 Å². The molecular weight excluding hydrogens is 394 g/mol. The van der Waals surface area contributed by atoms with Gasteiger partial charge in [0.25, 0.3) is 6.20 Å². The van der Waals surface area contributed by atoms with E-state index in [2.05, 4.69) is 15.6 Å². The van der Waals surface area contributed by atoms with Gasteiger partial charge < -0.3 is 25.1 Å². The number of hydrogen-bond acceptors (Lipinski definition) is 9. The van der Waals surface area contributed by atoms with E-state index in [9.17, 15) is 15.2 Å². The number of rotatable bonds is 13. The summed E-state index contributed by atoms with van der Waals surface area (Å²) in [7, 11) is 3.98. The van der Waals surface area contributed by atoms with Gasteiger partial charge in [0.2, 0.25) is 0 Å². The second-order valence-corrected chi connectivity index (χ2v) is 7.70. The van der Waals surface area contributed by atoms with Gasteiger partial charge in [-0.1, -0.05) is 6.07 Å². The fourth-order valence-electron chi connectivity index (χ4n) is 2.48. The maximum atomic E-state index is 10.8. The lowest BCUT2D eigenvalue weighted by molar-refractivity contribution is -0.404. The third-order valence-electron chi connectivity index (χ3n) is 3.79. The van der Waals surface area contributed by atoms with E-state index >= 15 is 0 Å². The molecule has 0 aliphatic carbocycles. The van der Waals surface area contributed by atoms with Gasteiger partial charge in [-0.25, -0.2) is 0 Å². The Bertz CT molecular complexity index is 782. The maximum absolute atomic E-state index is 10.8. The van der Waals surface area contributed by atoms with Crippen molar-refractivity contribution in [3.8, 4) is 0 Å². The SMILES string of the molecule is CN(C)Cc1ccc(CSCCN/C(=C/[N+](=O)[O-])NCC(O)c2cccnc2)o1. The first-order chi connectivity index (χ1) is 13.9. The van der Waals surface area contributed by atoms with Crippen molar-refractivity contribution in [3.63, 3.8) is 0 Å². The van der Waals surface area contributed by atoms with Crippen molar-refractivity contribution in [2.45, 2.75) is 18.4 Å². The van der Waals surface area contributed by atoms with Crippen molar-refractivity contribution in [2.75, 3.05) is 32.9 Å². The molecule has 158 valence electrons. The maximum Gasteiger partial charge on any atom is 0.274 e. The molecule has 0 spiro atoms. The Morgan fingerprint density at radius 1 is 1.38 bits per heavy atom. The van der Waals surface area contributed by atoms with E-state index in [4.69, 9.17) is 4.42 Å². The summed E-state index contributed by atoms with van der Waals surface area (Å²) in [6, 6.07) is 7.42. The zero-order valence-electron chi connectivity index (χ0n) is 16.6. The molecule has 29 heavy (non-hydrogen) atoms. The van der Waals surface area contributed by atoms with Crippen LogP contribution in [0.15, 0.2) is 53.1 Å². The Balaban J connectivity index is 1.72. The Hall–Kier alpha value is -2.56. The zero-order chi connectivity index (χ0) is 21.1. The Morgan fingerprint density at radius 3 is 2.86 bits per heavy atom. The van der Waals surface area contributed by atoms with Crippen molar-refractivity contribution >= 4 is 11.8 Å². The minimum absolute atomic E-state index is 0.132. The lowest BCUT2D eigenvalue weighted by Crippen LogP contribution is -2.31. The monoisotopic (exact) mass is 421 g/mol. The van der Waals surface area contributed by atoms with Gasteiger partial charge in [0.1, 0.15) is 11.5 Å². The molecule has 3 N–H and O–H groups in total. The van der Waals surface area contributed by atoms with Crippen molar-refractivity contribution in [1.29, 1.82) is 0 Å². The van der Waals surface area contributed by atoms with Crippen molar-refractivity contribution in [1.82, 2.24) is 20.5 Å². The molecule has 2 heterocycles. The van der Waals surface area contributed by atoms with Crippen LogP contribution in [-0.4, -0.2) is 52.9 Å². The minimum atomic E-state index is -0.814. The summed E-state index contributed by atoms with van der Waals surface area (Å²) in [5.74, 6) is 3.56. The summed E-state index contributed by atoms with van der Waals surface area (Å²) < 4.78 is 5.75. The van der Waals surface area contributed by atoms with E-state index in [1.54, 1.807) is 36.3 Å². The number of nitrogens with zero attached hydrogens (tertiary/aromatic N) is 3. The molecule has 0 aromatic carbocycles. The van der Waals surface area contributed by atoms with Crippen LogP contribution in [0.2, 0.25) is 0 Å². The second-order valence-electron chi connectivity index (χ2n) is 6.60. The highest BCUT2D eigenvalue weighted by atomic mass is 32.2. The summed E-state index contributed by atoms with van der Waals surface area (Å²) in [6.07, 6.45) is 3.23. The quantitative estimate of drug-likeness (QED) is 0.253. The summed E-state index contributed by atoms with van der Waals surface area (Å²) in [5, 5.41) is 26.9. The molecule has 0 aliphatic heterocycles. The van der Waals surface area contributed by atoms with E-state index in [-0.39, 0.29) is 12.4 Å². The number of pyridine rings is 1. The summed E-state index contributed by atoms with van der Waals surface area (Å²) >= 11 is 1.67. The summed E-state index contributed by atoms with van der Waals surface area (Å²) in [4.78, 5) is 16.3. The van der Waals surface area contributed by atoms with Crippen LogP contribution in [-0.2, 0) is 12.3 Å². The fourth-order valence-corrected chi connectivity index (χ4v) is 3.23. The van der Waals surface area contributed by atoms with Crippen LogP contribution in [0.1, 0.15) is 23.2 Å². The van der Waals surface area contributed by atoms with Gasteiger partial charge in [-0.05, 0) is 32.3 Å². The zero-order valence-corrected chi connectivity index (χ0v) is 17.4. The number of hydrogen-bond donors (Lipinski definition) is 3. The molecule has 0 saturated heterocycles. The highest BCUT2D eigenvalue weighted by Gasteiger charge is 2.10. The van der Waals surface area contributed by atoms with Crippen molar-refractivity contribution in [3.05, 3.63) is 75.9 Å². The van der Waals surface area contributed by atoms with Gasteiger partial charge in [-0.2, -0.15) is 11.8 Å². The predicted molar refractivity (Wildman–Crippen MR) is 113 cm³/mol. The molecule has 0 bridgehead atoms. The van der Waals surface area contributed by atoms with Crippen LogP contribution in [0, 0.1) is 10.1 Å². The molecule has 0 fully saturated rings. The van der Waals surface area contributed by atoms with Crippen molar-refractivity contribution in [2.24, 2.45) is 0 Å². The van der Waals surface area contributed by atoms with E-state index in [0.29, 0.717) is 12.1 Å². The molecular formula is C19H27N5O4S. The average molecular weight is 422 g/mol. The molecule has 2 rings (SSSR count). The van der Waals surface area contributed by atoms with E-state index in [0.717, 1.165) is 35.8 Å². The smallest absolute Gasteiger partial charge is 0.274 e. The minimum Gasteiger partial charge on any atom is -0.464 e. The van der Waals surface area contributed by atoms with Gasteiger partial charge in [0.05, 0.1) is 23.3 Å². The molecule has 1 unspecified atom stereocenters. The molecule has 1 atom stereocenters. The van der Waals surface area contributed by atoms with Gasteiger partial charge in [-0.15, -0.1) is 0 Å². The topological polar surface area (TPSA) is 117 Å². The molecule has 0 radical (unpaired) electrons. The van der Waals surface area contributed by atoms with Crippen LogP contribution in [0.5, 0.6) is 0 Å². The van der Waals surface area contributed by atoms with Crippen LogP contribution >= 0.6 is 11.8 Å². The van der Waals surface area contributed by atoms with Crippen LogP contribution in [0.4, 0.5) is 0 Å². The third-order valence-corrected chi connectivity index (χ3v) is 4.77. The van der Waals surface area contributed by atoms with Gasteiger partial charge in [0.15, 0.2) is 5.82 Å². The van der Waals surface area contributed by atoms with Crippen LogP contribution < -0.4 is 10.6 Å². The first kappa shape index (κ1) is 22.7. The first-order valence-electron chi connectivity index (χ1n) is 9.15. The highest BCUT2D eigenvalue weighted by Crippen LogP contribution is 2.16. The number of aromatic nitrogens is 1. The molecule has 10 heteroatoms.